The molecule has 4 aromatic rings. The van der Waals surface area contributed by atoms with Gasteiger partial charge in [0.15, 0.2) is 0 Å². The fourth-order valence-electron chi connectivity index (χ4n) is 9.04. The molecule has 4 amide bonds. The summed E-state index contributed by atoms with van der Waals surface area (Å²) >= 11 is 6.28. The van der Waals surface area contributed by atoms with Crippen LogP contribution in [0.5, 0.6) is 11.5 Å². The molecule has 8 rings (SSSR count). The number of imide groups is 2. The van der Waals surface area contributed by atoms with Crippen molar-refractivity contribution in [1.29, 1.82) is 0 Å². The van der Waals surface area contributed by atoms with Crippen LogP contribution in [0.15, 0.2) is 103 Å². The number of carbonyl (C=O) groups excluding carboxylic acids is 4. The molecule has 6 unspecified atom stereocenters. The van der Waals surface area contributed by atoms with Crippen molar-refractivity contribution < 1.29 is 56.6 Å². The molecule has 0 bridgehead atoms. The number of hydrogen-bond donors (Lipinski definition) is 4. The van der Waals surface area contributed by atoms with Gasteiger partial charge < -0.3 is 19.9 Å². The Morgan fingerprint density at radius 2 is 1.59 bits per heavy atom. The molecule has 3 fully saturated rings. The molecule has 4 aliphatic rings. The molecule has 2 aliphatic heterocycles. The number of phenols is 1. The highest BCUT2D eigenvalue weighted by atomic mass is 35.5. The second kappa shape index (κ2) is 13.5. The van der Waals surface area contributed by atoms with Crippen molar-refractivity contribution in [3.8, 4) is 11.5 Å². The Morgan fingerprint density at radius 3 is 2.27 bits per heavy atom. The van der Waals surface area contributed by atoms with E-state index >= 15 is 4.79 Å². The van der Waals surface area contributed by atoms with Crippen LogP contribution in [0.3, 0.4) is 0 Å². The Balaban J connectivity index is 1.34. The minimum Gasteiger partial charge on any atom is -0.508 e. The quantitative estimate of drug-likeness (QED) is 0.0881. The second-order valence-corrected chi connectivity index (χ2v) is 14.6. The minimum absolute atomic E-state index is 0.0162. The average molecular weight is 790 g/mol. The zero-order valence-electron chi connectivity index (χ0n) is 28.8. The van der Waals surface area contributed by atoms with Crippen molar-refractivity contribution >= 4 is 59.2 Å². The van der Waals surface area contributed by atoms with E-state index in [0.29, 0.717) is 5.57 Å². The lowest BCUT2D eigenvalue weighted by atomic mass is 9.49. The number of halogens is 5. The first-order valence-corrected chi connectivity index (χ1v) is 17.8. The third-order valence-electron chi connectivity index (χ3n) is 11.2. The zero-order valence-corrected chi connectivity index (χ0v) is 29.5. The minimum atomic E-state index is -5.14. The van der Waals surface area contributed by atoms with Crippen molar-refractivity contribution in [2.45, 2.75) is 30.5 Å². The van der Waals surface area contributed by atoms with E-state index in [2.05, 4.69) is 10.2 Å². The van der Waals surface area contributed by atoms with E-state index in [0.717, 1.165) is 40.2 Å². The summed E-state index contributed by atoms with van der Waals surface area (Å²) in [5.74, 6) is -10.6. The Bertz CT molecular complexity index is 2330. The van der Waals surface area contributed by atoms with Crippen molar-refractivity contribution in [2.24, 2.45) is 23.7 Å². The molecular weight excluding hydrogens is 761 g/mol. The largest absolute Gasteiger partial charge is 0.573 e. The van der Waals surface area contributed by atoms with E-state index in [1.54, 1.807) is 6.08 Å². The summed E-state index contributed by atoms with van der Waals surface area (Å²) in [6, 6.07) is 19.1. The molecule has 4 aromatic carbocycles. The smallest absolute Gasteiger partial charge is 0.508 e. The van der Waals surface area contributed by atoms with Crippen LogP contribution in [-0.4, -0.2) is 57.3 Å². The van der Waals surface area contributed by atoms with Crippen molar-refractivity contribution in [3.05, 3.63) is 125 Å². The summed E-state index contributed by atoms with van der Waals surface area (Å²) in [7, 11) is -1.90. The lowest BCUT2D eigenvalue weighted by Crippen LogP contribution is -2.53. The van der Waals surface area contributed by atoms with Gasteiger partial charge in [-0.15, -0.1) is 13.2 Å². The van der Waals surface area contributed by atoms with Gasteiger partial charge in [0.2, 0.25) is 11.8 Å². The monoisotopic (exact) mass is 789 g/mol. The van der Waals surface area contributed by atoms with Crippen LogP contribution in [0, 0.1) is 29.5 Å². The number of phenolic OH excluding ortho intramolecular Hbond substituents is 1. The first-order valence-electron chi connectivity index (χ1n) is 17.4. The summed E-state index contributed by atoms with van der Waals surface area (Å²) < 4.78 is 58.9. The number of aromatic hydroxyl groups is 1. The Hall–Kier alpha value is -5.71. The molecule has 17 heteroatoms. The maximum Gasteiger partial charge on any atom is 0.573 e. The fourth-order valence-corrected chi connectivity index (χ4v) is 9.17. The second-order valence-electron chi connectivity index (χ2n) is 14.1. The molecule has 0 aromatic heterocycles. The number of fused-ring (bicyclic) bond motifs is 4. The summed E-state index contributed by atoms with van der Waals surface area (Å²) in [6.45, 7) is 0. The van der Waals surface area contributed by atoms with Crippen LogP contribution in [0.4, 0.5) is 28.9 Å². The molecule has 2 heterocycles. The standard InChI is InChI=1S/C39H29BClF4N3O8/c41-21-6-4-19(5-7-21)38-30(35(51)48(37(38)53)46-23-10-8-22(42)9-11-23)18-28-26(33(38)29-17-25(12-15-31(29)49)56-39(43,44)45)13-14-27-32(28)36(52)47(34(27)50)24-3-1-2-20(16-24)40(54)55/h1-13,15-17,27-28,30,32-33,46,49,54-55H,14,18H2. The van der Waals surface area contributed by atoms with Crippen molar-refractivity contribution in [2.75, 3.05) is 10.3 Å². The third kappa shape index (κ3) is 5.90. The highest BCUT2D eigenvalue weighted by Crippen LogP contribution is 2.65. The highest BCUT2D eigenvalue weighted by molar-refractivity contribution is 6.58. The number of anilines is 2. The van der Waals surface area contributed by atoms with Gasteiger partial charge in [0, 0.05) is 16.5 Å². The summed E-state index contributed by atoms with van der Waals surface area (Å²) in [5.41, 5.74) is 1.33. The van der Waals surface area contributed by atoms with E-state index in [-0.39, 0.29) is 45.8 Å². The number of hydrazine groups is 1. The van der Waals surface area contributed by atoms with Gasteiger partial charge in [0.1, 0.15) is 17.3 Å². The number of rotatable bonds is 7. The third-order valence-corrected chi connectivity index (χ3v) is 11.5. The van der Waals surface area contributed by atoms with Crippen LogP contribution >= 0.6 is 11.6 Å². The molecule has 2 aliphatic carbocycles. The summed E-state index contributed by atoms with van der Waals surface area (Å²) in [4.78, 5) is 59.5. The van der Waals surface area contributed by atoms with Gasteiger partial charge in [0.05, 0.1) is 34.5 Å². The Kier molecular flexibility index (Phi) is 8.97. The Labute approximate surface area is 320 Å². The van der Waals surface area contributed by atoms with E-state index in [4.69, 9.17) is 11.6 Å². The number of benzene rings is 4. The number of allylic oxidation sites excluding steroid dienone is 2. The molecule has 4 N–H and O–H groups in total. The van der Waals surface area contributed by atoms with Gasteiger partial charge in [-0.05, 0) is 96.5 Å². The van der Waals surface area contributed by atoms with Crippen LogP contribution in [0.25, 0.3) is 0 Å². The number of nitrogens with zero attached hydrogens (tertiary/aromatic N) is 2. The first kappa shape index (κ1) is 37.2. The van der Waals surface area contributed by atoms with Crippen molar-refractivity contribution in [3.63, 3.8) is 0 Å². The number of nitrogens with one attached hydrogen (secondary N) is 1. The fraction of sp³-hybridized carbons (Fsp3) is 0.231. The molecule has 56 heavy (non-hydrogen) atoms. The van der Waals surface area contributed by atoms with E-state index < -0.39 is 89.4 Å². The lowest BCUT2D eigenvalue weighted by molar-refractivity contribution is -0.274. The molecular formula is C39H29BClF4N3O8. The zero-order chi connectivity index (χ0) is 39.8. The summed E-state index contributed by atoms with van der Waals surface area (Å²) in [5, 5.41) is 32.1. The van der Waals surface area contributed by atoms with E-state index in [9.17, 15) is 47.1 Å². The predicted molar refractivity (Wildman–Crippen MR) is 193 cm³/mol. The van der Waals surface area contributed by atoms with Gasteiger partial charge >= 0.3 is 13.5 Å². The SMILES string of the molecule is O=C1C2CC3C(=CCC4C(=O)N(c5cccc(B(O)O)c5)C(=O)C43)C(c3cc(OC(F)(F)F)ccc3O)C2(c2ccc(Cl)cc2)C(=O)N1Nc1ccc(F)cc1. The van der Waals surface area contributed by atoms with Crippen LogP contribution in [0.1, 0.15) is 29.9 Å². The maximum atomic E-state index is 15.2. The molecule has 2 saturated heterocycles. The van der Waals surface area contributed by atoms with Gasteiger partial charge in [-0.2, -0.15) is 5.01 Å². The number of hydrogen-bond acceptors (Lipinski definition) is 9. The van der Waals surface area contributed by atoms with Gasteiger partial charge in [0.25, 0.3) is 11.8 Å². The van der Waals surface area contributed by atoms with Gasteiger partial charge in [-0.1, -0.05) is 47.5 Å². The van der Waals surface area contributed by atoms with Crippen LogP contribution in [0.2, 0.25) is 5.02 Å². The number of ether oxygens (including phenoxy) is 1. The first-order chi connectivity index (χ1) is 26.6. The Morgan fingerprint density at radius 1 is 0.875 bits per heavy atom. The lowest BCUT2D eigenvalue weighted by Gasteiger charge is -2.50. The number of alkyl halides is 3. The topological polar surface area (TPSA) is 157 Å². The van der Waals surface area contributed by atoms with Gasteiger partial charge in [-0.3, -0.25) is 29.5 Å². The molecule has 1 saturated carbocycles. The predicted octanol–water partition coefficient (Wildman–Crippen LogP) is 4.95. The number of carbonyl (C=O) groups is 4. The van der Waals surface area contributed by atoms with Crippen LogP contribution < -0.4 is 20.5 Å². The highest BCUT2D eigenvalue weighted by Gasteiger charge is 2.70. The molecule has 286 valence electrons. The van der Waals surface area contributed by atoms with Crippen LogP contribution in [-0.2, 0) is 24.6 Å². The molecule has 11 nitrogen and oxygen atoms in total. The van der Waals surface area contributed by atoms with Crippen molar-refractivity contribution in [1.82, 2.24) is 5.01 Å². The molecule has 0 radical (unpaired) electrons. The van der Waals surface area contributed by atoms with E-state index in [1.807, 2.05) is 0 Å². The number of amides is 4. The molecule has 0 spiro atoms. The normalized spacial score (nSPS) is 25.8. The molecule has 6 atom stereocenters. The maximum absolute atomic E-state index is 15.2. The van der Waals surface area contributed by atoms with E-state index in [1.165, 1.54) is 60.7 Å². The van der Waals surface area contributed by atoms with Gasteiger partial charge in [-0.25, -0.2) is 4.39 Å². The summed E-state index contributed by atoms with van der Waals surface area (Å²) in [6.07, 6.45) is -3.76. The average Bonchev–Trinajstić information content (AvgIpc) is 3.53.